The van der Waals surface area contributed by atoms with E-state index in [0.717, 1.165) is 18.4 Å². The van der Waals surface area contributed by atoms with Crippen LogP contribution in [0.4, 0.5) is 0 Å². The van der Waals surface area contributed by atoms with Gasteiger partial charge in [-0.3, -0.25) is 4.79 Å². The van der Waals surface area contributed by atoms with Gasteiger partial charge in [0, 0.05) is 6.54 Å². The van der Waals surface area contributed by atoms with Crippen molar-refractivity contribution in [3.8, 4) is 0 Å². The Labute approximate surface area is 119 Å². The molecular formula is C14H19NO4S. The van der Waals surface area contributed by atoms with E-state index in [9.17, 15) is 13.2 Å². The minimum atomic E-state index is -3.65. The molecule has 2 rings (SSSR count). The molecule has 0 bridgehead atoms. The van der Waals surface area contributed by atoms with Gasteiger partial charge in [0.2, 0.25) is 10.0 Å². The fourth-order valence-electron chi connectivity index (χ4n) is 2.41. The number of ether oxygens (including phenoxy) is 1. The molecule has 1 fully saturated rings. The van der Waals surface area contributed by atoms with Crippen molar-refractivity contribution in [1.82, 2.24) is 4.31 Å². The maximum absolute atomic E-state index is 12.6. The van der Waals surface area contributed by atoms with Crippen LogP contribution >= 0.6 is 0 Å². The third-order valence-electron chi connectivity index (χ3n) is 3.55. The maximum Gasteiger partial charge on any atom is 0.324 e. The molecule has 0 aliphatic carbocycles. The van der Waals surface area contributed by atoms with Crippen LogP contribution in [0.1, 0.15) is 24.8 Å². The number of piperidine rings is 1. The lowest BCUT2D eigenvalue weighted by atomic mass is 10.1. The lowest BCUT2D eigenvalue weighted by Gasteiger charge is -2.32. The molecule has 5 nitrogen and oxygen atoms in total. The van der Waals surface area contributed by atoms with Crippen LogP contribution in [-0.4, -0.2) is 38.4 Å². The quantitative estimate of drug-likeness (QED) is 0.797. The topological polar surface area (TPSA) is 63.7 Å². The summed E-state index contributed by atoms with van der Waals surface area (Å²) < 4.78 is 31.3. The highest BCUT2D eigenvalue weighted by Gasteiger charge is 2.38. The van der Waals surface area contributed by atoms with Gasteiger partial charge in [-0.15, -0.1) is 0 Å². The average Bonchev–Trinajstić information content (AvgIpc) is 2.47. The first kappa shape index (κ1) is 15.0. The highest BCUT2D eigenvalue weighted by molar-refractivity contribution is 7.89. The monoisotopic (exact) mass is 297 g/mol. The zero-order valence-corrected chi connectivity index (χ0v) is 12.5. The van der Waals surface area contributed by atoms with Crippen molar-refractivity contribution in [3.63, 3.8) is 0 Å². The number of carbonyl (C=O) groups excluding carboxylic acids is 1. The fourth-order valence-corrected chi connectivity index (χ4v) is 4.06. The predicted molar refractivity (Wildman–Crippen MR) is 74.7 cm³/mol. The smallest absolute Gasteiger partial charge is 0.324 e. The van der Waals surface area contributed by atoms with E-state index in [4.69, 9.17) is 4.74 Å². The summed E-state index contributed by atoms with van der Waals surface area (Å²) in [6, 6.07) is 5.95. The van der Waals surface area contributed by atoms with Gasteiger partial charge in [-0.1, -0.05) is 17.7 Å². The van der Waals surface area contributed by atoms with Crippen LogP contribution in [0.2, 0.25) is 0 Å². The first-order valence-corrected chi connectivity index (χ1v) is 8.07. The molecule has 1 heterocycles. The molecule has 0 amide bonds. The SMILES string of the molecule is COC(=O)C1CCCCN1S(=O)(=O)c1ccc(C)cc1. The Kier molecular flexibility index (Phi) is 4.45. The molecule has 1 atom stereocenters. The van der Waals surface area contributed by atoms with Gasteiger partial charge in [0.15, 0.2) is 0 Å². The molecule has 1 unspecified atom stereocenters. The van der Waals surface area contributed by atoms with Crippen LogP contribution in [0.3, 0.4) is 0 Å². The molecule has 1 aromatic carbocycles. The van der Waals surface area contributed by atoms with Crippen molar-refractivity contribution in [2.45, 2.75) is 37.1 Å². The number of esters is 1. The molecule has 1 aliphatic heterocycles. The molecule has 0 spiro atoms. The Hall–Kier alpha value is -1.40. The van der Waals surface area contributed by atoms with Gasteiger partial charge in [-0.2, -0.15) is 4.31 Å². The van der Waals surface area contributed by atoms with Crippen LogP contribution in [-0.2, 0) is 19.6 Å². The van der Waals surface area contributed by atoms with Crippen LogP contribution < -0.4 is 0 Å². The molecule has 1 saturated heterocycles. The average molecular weight is 297 g/mol. The number of hydrogen-bond donors (Lipinski definition) is 0. The zero-order valence-electron chi connectivity index (χ0n) is 11.7. The van der Waals surface area contributed by atoms with Crippen molar-refractivity contribution in [3.05, 3.63) is 29.8 Å². The lowest BCUT2D eigenvalue weighted by molar-refractivity contribution is -0.146. The Balaban J connectivity index is 2.35. The van der Waals surface area contributed by atoms with E-state index in [-0.39, 0.29) is 4.90 Å². The normalized spacial score (nSPS) is 20.6. The summed E-state index contributed by atoms with van der Waals surface area (Å²) in [5, 5.41) is 0. The van der Waals surface area contributed by atoms with Gasteiger partial charge < -0.3 is 4.74 Å². The van der Waals surface area contributed by atoms with Crippen molar-refractivity contribution < 1.29 is 17.9 Å². The number of nitrogens with zero attached hydrogens (tertiary/aromatic N) is 1. The standard InChI is InChI=1S/C14H19NO4S/c1-11-6-8-12(9-7-11)20(17,18)15-10-4-3-5-13(15)14(16)19-2/h6-9,13H,3-5,10H2,1-2H3. The molecule has 1 aliphatic rings. The number of benzene rings is 1. The van der Waals surface area contributed by atoms with Gasteiger partial charge in [0.1, 0.15) is 6.04 Å². The van der Waals surface area contributed by atoms with Crippen molar-refractivity contribution in [1.29, 1.82) is 0 Å². The summed E-state index contributed by atoms with van der Waals surface area (Å²) in [6.45, 7) is 2.25. The number of rotatable bonds is 3. The van der Waals surface area contributed by atoms with E-state index in [1.54, 1.807) is 24.3 Å². The van der Waals surface area contributed by atoms with Crippen LogP contribution in [0.5, 0.6) is 0 Å². The summed E-state index contributed by atoms with van der Waals surface area (Å²) in [5.74, 6) is -0.486. The minimum Gasteiger partial charge on any atom is -0.468 e. The third-order valence-corrected chi connectivity index (χ3v) is 5.48. The number of hydrogen-bond acceptors (Lipinski definition) is 4. The Bertz CT molecular complexity index is 580. The van der Waals surface area contributed by atoms with Gasteiger partial charge in [-0.25, -0.2) is 8.42 Å². The largest absolute Gasteiger partial charge is 0.468 e. The van der Waals surface area contributed by atoms with Crippen LogP contribution in [0.15, 0.2) is 29.2 Å². The molecular weight excluding hydrogens is 278 g/mol. The van der Waals surface area contributed by atoms with E-state index in [2.05, 4.69) is 0 Å². The second kappa shape index (κ2) is 5.93. The molecule has 1 aromatic rings. The molecule has 110 valence electrons. The number of carbonyl (C=O) groups is 1. The Morgan fingerprint density at radius 1 is 1.25 bits per heavy atom. The Morgan fingerprint density at radius 3 is 2.50 bits per heavy atom. The summed E-state index contributed by atoms with van der Waals surface area (Å²) >= 11 is 0. The summed E-state index contributed by atoms with van der Waals surface area (Å²) in [4.78, 5) is 12.0. The first-order valence-electron chi connectivity index (χ1n) is 6.63. The van der Waals surface area contributed by atoms with Gasteiger partial charge in [-0.05, 0) is 38.3 Å². The molecule has 20 heavy (non-hydrogen) atoms. The molecule has 6 heteroatoms. The highest BCUT2D eigenvalue weighted by Crippen LogP contribution is 2.26. The Morgan fingerprint density at radius 2 is 1.90 bits per heavy atom. The summed E-state index contributed by atoms with van der Waals surface area (Å²) in [6.07, 6.45) is 2.11. The van der Waals surface area contributed by atoms with E-state index in [0.29, 0.717) is 13.0 Å². The van der Waals surface area contributed by atoms with E-state index in [1.807, 2.05) is 6.92 Å². The highest BCUT2D eigenvalue weighted by atomic mass is 32.2. The molecule has 0 N–H and O–H groups in total. The molecule has 0 saturated carbocycles. The molecule has 0 radical (unpaired) electrons. The summed E-state index contributed by atoms with van der Waals surface area (Å²) in [5.41, 5.74) is 0.993. The van der Waals surface area contributed by atoms with Crippen molar-refractivity contribution >= 4 is 16.0 Å². The number of methoxy groups -OCH3 is 1. The summed E-state index contributed by atoms with van der Waals surface area (Å²) in [7, 11) is -2.37. The van der Waals surface area contributed by atoms with Crippen LogP contribution in [0.25, 0.3) is 0 Å². The third kappa shape index (κ3) is 2.86. The van der Waals surface area contributed by atoms with Gasteiger partial charge in [0.25, 0.3) is 0 Å². The molecule has 0 aromatic heterocycles. The van der Waals surface area contributed by atoms with Gasteiger partial charge >= 0.3 is 5.97 Å². The second-order valence-corrected chi connectivity index (χ2v) is 6.85. The minimum absolute atomic E-state index is 0.221. The number of sulfonamides is 1. The van der Waals surface area contributed by atoms with Gasteiger partial charge in [0.05, 0.1) is 12.0 Å². The second-order valence-electron chi connectivity index (χ2n) is 4.96. The van der Waals surface area contributed by atoms with E-state index >= 15 is 0 Å². The number of aryl methyl sites for hydroxylation is 1. The maximum atomic E-state index is 12.6. The van der Waals surface area contributed by atoms with E-state index in [1.165, 1.54) is 11.4 Å². The zero-order chi connectivity index (χ0) is 14.8. The fraction of sp³-hybridized carbons (Fsp3) is 0.500. The lowest BCUT2D eigenvalue weighted by Crippen LogP contribution is -2.48. The van der Waals surface area contributed by atoms with Crippen molar-refractivity contribution in [2.75, 3.05) is 13.7 Å². The van der Waals surface area contributed by atoms with Crippen LogP contribution in [0, 0.1) is 6.92 Å². The van der Waals surface area contributed by atoms with Crippen molar-refractivity contribution in [2.24, 2.45) is 0 Å². The first-order chi connectivity index (χ1) is 9.46. The predicted octanol–water partition coefficient (Wildman–Crippen LogP) is 1.71. The van der Waals surface area contributed by atoms with E-state index < -0.39 is 22.0 Å².